The van der Waals surface area contributed by atoms with Gasteiger partial charge >= 0.3 is 0 Å². The zero-order valence-electron chi connectivity index (χ0n) is 13.8. The minimum atomic E-state index is -0.288. The summed E-state index contributed by atoms with van der Waals surface area (Å²) in [5, 5.41) is 10.5. The maximum absolute atomic E-state index is 10.5. The van der Waals surface area contributed by atoms with Crippen LogP contribution in [0.1, 0.15) is 43.8 Å². The lowest BCUT2D eigenvalue weighted by molar-refractivity contribution is 0.0568. The first-order valence-electron chi connectivity index (χ1n) is 8.89. The zero-order valence-corrected chi connectivity index (χ0v) is 13.8. The number of hydrogen-bond acceptors (Lipinski definition) is 3. The lowest BCUT2D eigenvalue weighted by Gasteiger charge is -2.35. The molecule has 0 bridgehead atoms. The van der Waals surface area contributed by atoms with Crippen LogP contribution in [0.5, 0.6) is 0 Å². The zero-order chi connectivity index (χ0) is 15.4. The predicted molar refractivity (Wildman–Crippen MR) is 90.8 cm³/mol. The van der Waals surface area contributed by atoms with Gasteiger partial charge in [-0.25, -0.2) is 0 Å². The molecule has 2 unspecified atom stereocenters. The summed E-state index contributed by atoms with van der Waals surface area (Å²) in [7, 11) is 2.26. The van der Waals surface area contributed by atoms with Crippen LogP contribution in [0.25, 0.3) is 0 Å². The molecule has 2 aliphatic heterocycles. The third-order valence-corrected chi connectivity index (χ3v) is 5.67. The number of likely N-dealkylation sites (tertiary alicyclic amines) is 2. The molecule has 0 spiro atoms. The number of hydrogen-bond donors (Lipinski definition) is 1. The van der Waals surface area contributed by atoms with Crippen LogP contribution < -0.4 is 0 Å². The number of aliphatic hydroxyl groups is 1. The van der Waals surface area contributed by atoms with Crippen molar-refractivity contribution in [2.45, 2.75) is 44.2 Å². The van der Waals surface area contributed by atoms with E-state index in [0.717, 1.165) is 37.5 Å². The van der Waals surface area contributed by atoms with Gasteiger partial charge in [0.1, 0.15) is 0 Å². The maximum Gasteiger partial charge on any atom is 0.0819 e. The molecular weight excluding hydrogens is 272 g/mol. The highest BCUT2D eigenvalue weighted by atomic mass is 16.3. The van der Waals surface area contributed by atoms with Crippen LogP contribution in [-0.4, -0.2) is 54.2 Å². The summed E-state index contributed by atoms with van der Waals surface area (Å²) >= 11 is 0. The Morgan fingerprint density at radius 3 is 2.45 bits per heavy atom. The van der Waals surface area contributed by atoms with Crippen LogP contribution in [0.3, 0.4) is 0 Å². The van der Waals surface area contributed by atoms with Crippen molar-refractivity contribution in [1.29, 1.82) is 0 Å². The fraction of sp³-hybridized carbons (Fsp3) is 0.684. The lowest BCUT2D eigenvalue weighted by atomic mass is 9.87. The van der Waals surface area contributed by atoms with E-state index in [9.17, 15) is 5.11 Å². The van der Waals surface area contributed by atoms with Gasteiger partial charge in [-0.15, -0.1) is 0 Å². The van der Waals surface area contributed by atoms with Crippen LogP contribution in [0.2, 0.25) is 0 Å². The monoisotopic (exact) mass is 302 g/mol. The molecule has 2 aliphatic rings. The molecule has 2 fully saturated rings. The van der Waals surface area contributed by atoms with Gasteiger partial charge in [-0.2, -0.15) is 0 Å². The van der Waals surface area contributed by atoms with E-state index in [-0.39, 0.29) is 6.10 Å². The Bertz CT molecular complexity index is 442. The van der Waals surface area contributed by atoms with Gasteiger partial charge in [0.2, 0.25) is 0 Å². The second-order valence-electron chi connectivity index (χ2n) is 7.10. The standard InChI is InChI=1S/C19H30N2O/c1-20-12-5-8-18(20)11-15-21-13-9-17(10-14-21)19(22)16-6-3-2-4-7-16/h2-4,6-7,17-19,22H,5,8-15H2,1H3. The first kappa shape index (κ1) is 16.0. The SMILES string of the molecule is CN1CCCC1CCN1CCC(C(O)c2ccccc2)CC1. The Morgan fingerprint density at radius 2 is 1.82 bits per heavy atom. The van der Waals surface area contributed by atoms with Gasteiger partial charge < -0.3 is 14.9 Å². The van der Waals surface area contributed by atoms with Gasteiger partial charge in [0, 0.05) is 6.04 Å². The molecule has 2 atom stereocenters. The van der Waals surface area contributed by atoms with Gasteiger partial charge in [-0.1, -0.05) is 30.3 Å². The van der Waals surface area contributed by atoms with Crippen molar-refractivity contribution in [3.8, 4) is 0 Å². The average Bonchev–Trinajstić information content (AvgIpc) is 2.99. The number of aliphatic hydroxyl groups excluding tert-OH is 1. The third kappa shape index (κ3) is 3.89. The Hall–Kier alpha value is -0.900. The summed E-state index contributed by atoms with van der Waals surface area (Å²) < 4.78 is 0. The van der Waals surface area contributed by atoms with E-state index in [0.29, 0.717) is 5.92 Å². The molecule has 3 rings (SSSR count). The minimum absolute atomic E-state index is 0.288. The molecule has 1 N–H and O–H groups in total. The van der Waals surface area contributed by atoms with Crippen LogP contribution in [-0.2, 0) is 0 Å². The summed E-state index contributed by atoms with van der Waals surface area (Å²) in [6.07, 6.45) is 6.01. The molecule has 0 saturated carbocycles. The molecule has 1 aromatic carbocycles. The molecular formula is C19H30N2O. The number of piperidine rings is 1. The van der Waals surface area contributed by atoms with Crippen molar-refractivity contribution in [2.24, 2.45) is 5.92 Å². The highest BCUT2D eigenvalue weighted by Gasteiger charge is 2.27. The molecule has 2 saturated heterocycles. The Labute approximate surface area is 134 Å². The number of rotatable bonds is 5. The van der Waals surface area contributed by atoms with Crippen LogP contribution in [0, 0.1) is 5.92 Å². The molecule has 1 aromatic rings. The topological polar surface area (TPSA) is 26.7 Å². The summed E-state index contributed by atoms with van der Waals surface area (Å²) in [5.41, 5.74) is 1.08. The average molecular weight is 302 g/mol. The summed E-state index contributed by atoms with van der Waals surface area (Å²) in [4.78, 5) is 5.12. The van der Waals surface area contributed by atoms with Gasteiger partial charge in [-0.05, 0) is 76.8 Å². The van der Waals surface area contributed by atoms with E-state index >= 15 is 0 Å². The molecule has 0 aliphatic carbocycles. The van der Waals surface area contributed by atoms with Crippen molar-refractivity contribution >= 4 is 0 Å². The van der Waals surface area contributed by atoms with Crippen molar-refractivity contribution in [3.05, 3.63) is 35.9 Å². The summed E-state index contributed by atoms with van der Waals surface area (Å²) in [5.74, 6) is 0.424. The normalized spacial score (nSPS) is 26.4. The second kappa shape index (κ2) is 7.58. The molecule has 22 heavy (non-hydrogen) atoms. The van der Waals surface area contributed by atoms with Crippen molar-refractivity contribution in [1.82, 2.24) is 9.80 Å². The van der Waals surface area contributed by atoms with E-state index in [1.165, 1.54) is 32.4 Å². The van der Waals surface area contributed by atoms with Crippen LogP contribution in [0.4, 0.5) is 0 Å². The smallest absolute Gasteiger partial charge is 0.0819 e. The van der Waals surface area contributed by atoms with E-state index in [1.807, 2.05) is 30.3 Å². The predicted octanol–water partition coefficient (Wildman–Crippen LogP) is 2.92. The maximum atomic E-state index is 10.5. The molecule has 3 heteroatoms. The van der Waals surface area contributed by atoms with E-state index < -0.39 is 0 Å². The summed E-state index contributed by atoms with van der Waals surface area (Å²) in [6, 6.07) is 10.9. The molecule has 2 heterocycles. The van der Waals surface area contributed by atoms with E-state index in [1.54, 1.807) is 0 Å². The minimum Gasteiger partial charge on any atom is -0.388 e. The van der Waals surface area contributed by atoms with Crippen LogP contribution >= 0.6 is 0 Å². The molecule has 122 valence electrons. The molecule has 0 aromatic heterocycles. The Balaban J connectivity index is 1.42. The van der Waals surface area contributed by atoms with Gasteiger partial charge in [0.15, 0.2) is 0 Å². The first-order chi connectivity index (χ1) is 10.7. The highest BCUT2D eigenvalue weighted by molar-refractivity contribution is 5.18. The number of benzene rings is 1. The molecule has 0 amide bonds. The second-order valence-corrected chi connectivity index (χ2v) is 7.10. The fourth-order valence-electron chi connectivity index (χ4n) is 4.09. The van der Waals surface area contributed by atoms with E-state index in [4.69, 9.17) is 0 Å². The largest absolute Gasteiger partial charge is 0.388 e. The van der Waals surface area contributed by atoms with Gasteiger partial charge in [-0.3, -0.25) is 0 Å². The third-order valence-electron chi connectivity index (χ3n) is 5.67. The van der Waals surface area contributed by atoms with E-state index in [2.05, 4.69) is 16.8 Å². The van der Waals surface area contributed by atoms with Crippen molar-refractivity contribution < 1.29 is 5.11 Å². The fourth-order valence-corrected chi connectivity index (χ4v) is 4.09. The van der Waals surface area contributed by atoms with Crippen molar-refractivity contribution in [2.75, 3.05) is 33.2 Å². The van der Waals surface area contributed by atoms with Gasteiger partial charge in [0.05, 0.1) is 6.10 Å². The first-order valence-corrected chi connectivity index (χ1v) is 8.89. The molecule has 3 nitrogen and oxygen atoms in total. The van der Waals surface area contributed by atoms with Gasteiger partial charge in [0.25, 0.3) is 0 Å². The molecule has 0 radical (unpaired) electrons. The van der Waals surface area contributed by atoms with Crippen LogP contribution in [0.15, 0.2) is 30.3 Å². The Kier molecular flexibility index (Phi) is 5.51. The Morgan fingerprint density at radius 1 is 1.09 bits per heavy atom. The lowest BCUT2D eigenvalue weighted by Crippen LogP contribution is -2.38. The quantitative estimate of drug-likeness (QED) is 0.906. The summed E-state index contributed by atoms with van der Waals surface area (Å²) in [6.45, 7) is 4.79. The highest BCUT2D eigenvalue weighted by Crippen LogP contribution is 2.30. The van der Waals surface area contributed by atoms with Crippen molar-refractivity contribution in [3.63, 3.8) is 0 Å². The number of nitrogens with zero attached hydrogens (tertiary/aromatic N) is 2.